The molecule has 1 nitrogen and oxygen atoms in total. The molecule has 0 radical (unpaired) electrons. The van der Waals surface area contributed by atoms with Crippen molar-refractivity contribution >= 4 is 11.8 Å². The first kappa shape index (κ1) is 6.25. The molecule has 0 bridgehead atoms. The summed E-state index contributed by atoms with van der Waals surface area (Å²) in [5.41, 5.74) is 1.09. The van der Waals surface area contributed by atoms with Crippen LogP contribution in [0.3, 0.4) is 0 Å². The molecule has 0 spiro atoms. The Morgan fingerprint density at radius 1 is 1.40 bits per heavy atom. The standard InChI is InChI=1S/C8H8OS/c9-7-5-10-8-4-2-1-3-6(7)8/h1-4,7,9H,5H2/t7-/m1/s1. The lowest BCUT2D eigenvalue weighted by Gasteiger charge is -1.99. The number of hydrogen-bond acceptors (Lipinski definition) is 2. The molecule has 1 aliphatic heterocycles. The highest BCUT2D eigenvalue weighted by atomic mass is 32.2. The molecule has 1 atom stereocenters. The molecule has 0 aromatic heterocycles. The zero-order valence-electron chi connectivity index (χ0n) is 5.45. The van der Waals surface area contributed by atoms with E-state index in [1.165, 1.54) is 4.90 Å². The van der Waals surface area contributed by atoms with Gasteiger partial charge in [-0.2, -0.15) is 0 Å². The lowest BCUT2D eigenvalue weighted by atomic mass is 10.1. The van der Waals surface area contributed by atoms with E-state index in [0.717, 1.165) is 11.3 Å². The second kappa shape index (κ2) is 2.29. The molecule has 1 aromatic rings. The summed E-state index contributed by atoms with van der Waals surface area (Å²) in [7, 11) is 0. The van der Waals surface area contributed by atoms with Gasteiger partial charge in [0.1, 0.15) is 0 Å². The summed E-state index contributed by atoms with van der Waals surface area (Å²) in [6, 6.07) is 8.01. The van der Waals surface area contributed by atoms with Crippen LogP contribution in [0.4, 0.5) is 0 Å². The Bertz CT molecular complexity index is 247. The Morgan fingerprint density at radius 2 is 2.20 bits per heavy atom. The molecule has 0 saturated carbocycles. The van der Waals surface area contributed by atoms with E-state index >= 15 is 0 Å². The SMILES string of the molecule is O[C@@H]1CSc2ccccc21. The lowest BCUT2D eigenvalue weighted by molar-refractivity contribution is 0.205. The fraction of sp³-hybridized carbons (Fsp3) is 0.250. The minimum absolute atomic E-state index is 0.235. The van der Waals surface area contributed by atoms with Gasteiger partial charge in [0, 0.05) is 10.6 Å². The van der Waals surface area contributed by atoms with Crippen molar-refractivity contribution in [1.82, 2.24) is 0 Å². The number of aliphatic hydroxyl groups is 1. The lowest BCUT2D eigenvalue weighted by Crippen LogP contribution is -1.92. The minimum atomic E-state index is -0.235. The molecule has 52 valence electrons. The second-order valence-electron chi connectivity index (χ2n) is 2.36. The molecule has 1 heterocycles. The van der Waals surface area contributed by atoms with Crippen LogP contribution in [0.2, 0.25) is 0 Å². The maximum Gasteiger partial charge on any atom is 0.0894 e. The van der Waals surface area contributed by atoms with E-state index in [1.807, 2.05) is 18.2 Å². The molecule has 0 amide bonds. The Balaban J connectivity index is 2.51. The van der Waals surface area contributed by atoms with Crippen molar-refractivity contribution < 1.29 is 5.11 Å². The van der Waals surface area contributed by atoms with E-state index in [2.05, 4.69) is 6.07 Å². The smallest absolute Gasteiger partial charge is 0.0894 e. The van der Waals surface area contributed by atoms with Gasteiger partial charge in [0.25, 0.3) is 0 Å². The largest absolute Gasteiger partial charge is 0.387 e. The second-order valence-corrected chi connectivity index (χ2v) is 3.43. The summed E-state index contributed by atoms with van der Waals surface area (Å²) in [6.45, 7) is 0. The Labute approximate surface area is 64.1 Å². The molecule has 1 aliphatic rings. The first-order valence-corrected chi connectivity index (χ1v) is 4.26. The summed E-state index contributed by atoms with van der Waals surface area (Å²) < 4.78 is 0. The fourth-order valence-corrected chi connectivity index (χ4v) is 2.21. The van der Waals surface area contributed by atoms with Crippen LogP contribution in [-0.4, -0.2) is 10.9 Å². The number of aliphatic hydroxyl groups excluding tert-OH is 1. The zero-order chi connectivity index (χ0) is 6.97. The summed E-state index contributed by atoms with van der Waals surface area (Å²) >= 11 is 1.73. The van der Waals surface area contributed by atoms with Crippen LogP contribution in [0.1, 0.15) is 11.7 Å². The summed E-state index contributed by atoms with van der Waals surface area (Å²) in [4.78, 5) is 1.23. The van der Waals surface area contributed by atoms with Crippen LogP contribution >= 0.6 is 11.8 Å². The van der Waals surface area contributed by atoms with Crippen molar-refractivity contribution in [2.24, 2.45) is 0 Å². The van der Waals surface area contributed by atoms with Crippen LogP contribution in [0, 0.1) is 0 Å². The van der Waals surface area contributed by atoms with Crippen molar-refractivity contribution in [2.75, 3.05) is 5.75 Å². The van der Waals surface area contributed by atoms with E-state index in [1.54, 1.807) is 11.8 Å². The van der Waals surface area contributed by atoms with Gasteiger partial charge in [-0.15, -0.1) is 11.8 Å². The van der Waals surface area contributed by atoms with Gasteiger partial charge in [-0.1, -0.05) is 18.2 Å². The molecule has 0 fully saturated rings. The average molecular weight is 152 g/mol. The molecule has 0 unspecified atom stereocenters. The van der Waals surface area contributed by atoms with Crippen molar-refractivity contribution in [3.05, 3.63) is 29.8 Å². The van der Waals surface area contributed by atoms with Gasteiger partial charge in [0.15, 0.2) is 0 Å². The number of hydrogen-bond donors (Lipinski definition) is 1. The molecule has 1 aromatic carbocycles. The summed E-state index contributed by atoms with van der Waals surface area (Å²) in [6.07, 6.45) is -0.235. The molecule has 2 rings (SSSR count). The van der Waals surface area contributed by atoms with Crippen LogP contribution in [0.15, 0.2) is 29.2 Å². The number of benzene rings is 1. The van der Waals surface area contributed by atoms with Gasteiger partial charge < -0.3 is 5.11 Å². The first-order chi connectivity index (χ1) is 4.88. The highest BCUT2D eigenvalue weighted by Crippen LogP contribution is 2.37. The van der Waals surface area contributed by atoms with E-state index in [4.69, 9.17) is 0 Å². The topological polar surface area (TPSA) is 20.2 Å². The average Bonchev–Trinajstić information content (AvgIpc) is 2.34. The Morgan fingerprint density at radius 3 is 3.00 bits per heavy atom. The Hall–Kier alpha value is -0.470. The molecule has 10 heavy (non-hydrogen) atoms. The van der Waals surface area contributed by atoms with Gasteiger partial charge in [0.05, 0.1) is 6.10 Å². The maximum atomic E-state index is 9.36. The normalized spacial score (nSPS) is 22.7. The van der Waals surface area contributed by atoms with E-state index < -0.39 is 0 Å². The van der Waals surface area contributed by atoms with Crippen LogP contribution in [0.5, 0.6) is 0 Å². The predicted molar refractivity (Wildman–Crippen MR) is 42.1 cm³/mol. The van der Waals surface area contributed by atoms with Crippen molar-refractivity contribution in [2.45, 2.75) is 11.0 Å². The van der Waals surface area contributed by atoms with E-state index in [-0.39, 0.29) is 6.10 Å². The third kappa shape index (κ3) is 0.842. The third-order valence-electron chi connectivity index (χ3n) is 1.67. The fourth-order valence-electron chi connectivity index (χ4n) is 1.15. The van der Waals surface area contributed by atoms with Gasteiger partial charge in [-0.05, 0) is 11.6 Å². The quantitative estimate of drug-likeness (QED) is 0.612. The van der Waals surface area contributed by atoms with Gasteiger partial charge in [0.2, 0.25) is 0 Å². The van der Waals surface area contributed by atoms with Crippen LogP contribution in [-0.2, 0) is 0 Å². The van der Waals surface area contributed by atoms with E-state index in [0.29, 0.717) is 0 Å². The molecular weight excluding hydrogens is 144 g/mol. The van der Waals surface area contributed by atoms with Crippen molar-refractivity contribution in [3.8, 4) is 0 Å². The van der Waals surface area contributed by atoms with Crippen molar-refractivity contribution in [3.63, 3.8) is 0 Å². The summed E-state index contributed by atoms with van der Waals surface area (Å²) in [5.74, 6) is 0.819. The molecule has 0 saturated heterocycles. The predicted octanol–water partition coefficient (Wildman–Crippen LogP) is 1.83. The number of fused-ring (bicyclic) bond motifs is 1. The van der Waals surface area contributed by atoms with E-state index in [9.17, 15) is 5.11 Å². The monoisotopic (exact) mass is 152 g/mol. The van der Waals surface area contributed by atoms with Gasteiger partial charge in [-0.25, -0.2) is 0 Å². The molecule has 0 aliphatic carbocycles. The third-order valence-corrected chi connectivity index (χ3v) is 2.84. The zero-order valence-corrected chi connectivity index (χ0v) is 6.27. The first-order valence-electron chi connectivity index (χ1n) is 3.28. The van der Waals surface area contributed by atoms with Crippen molar-refractivity contribution in [1.29, 1.82) is 0 Å². The highest BCUT2D eigenvalue weighted by molar-refractivity contribution is 7.99. The molecule has 2 heteroatoms. The van der Waals surface area contributed by atoms with Crippen LogP contribution < -0.4 is 0 Å². The summed E-state index contributed by atoms with van der Waals surface area (Å²) in [5, 5.41) is 9.36. The highest BCUT2D eigenvalue weighted by Gasteiger charge is 2.19. The van der Waals surface area contributed by atoms with Gasteiger partial charge >= 0.3 is 0 Å². The maximum absolute atomic E-state index is 9.36. The minimum Gasteiger partial charge on any atom is -0.387 e. The molecular formula is C8H8OS. The molecule has 1 N–H and O–H groups in total. The van der Waals surface area contributed by atoms with Gasteiger partial charge in [-0.3, -0.25) is 0 Å². The van der Waals surface area contributed by atoms with Crippen LogP contribution in [0.25, 0.3) is 0 Å². The number of rotatable bonds is 0. The number of thioether (sulfide) groups is 1. The Kier molecular flexibility index (Phi) is 1.43.